The number of hydrogen-bond donors (Lipinski definition) is 0. The third kappa shape index (κ3) is 11.9. The van der Waals surface area contributed by atoms with Gasteiger partial charge in [-0.2, -0.15) is 0 Å². The Morgan fingerprint density at radius 3 is 1.62 bits per heavy atom. The second-order valence-electron chi connectivity index (χ2n) is 2.96. The summed E-state index contributed by atoms with van der Waals surface area (Å²) in [6.45, 7) is 7.65. The first-order valence-corrected chi connectivity index (χ1v) is 5.24. The lowest BCUT2D eigenvalue weighted by Gasteiger charge is -2.07. The largest absolute Gasteiger partial charge is 0.381 e. The predicted octanol–water partition coefficient (Wildman–Crippen LogP) is 2.55. The highest BCUT2D eigenvalue weighted by Gasteiger charge is 1.95. The Morgan fingerprint density at radius 1 is 0.923 bits per heavy atom. The van der Waals surface area contributed by atoms with E-state index < -0.39 is 0 Å². The van der Waals surface area contributed by atoms with Crippen LogP contribution in [0.15, 0.2) is 0 Å². The van der Waals surface area contributed by atoms with Gasteiger partial charge >= 0.3 is 0 Å². The summed E-state index contributed by atoms with van der Waals surface area (Å²) in [6, 6.07) is 0. The van der Waals surface area contributed by atoms with Crippen LogP contribution in [-0.2, 0) is 14.5 Å². The predicted molar refractivity (Wildman–Crippen MR) is 52.5 cm³/mol. The maximum atomic E-state index is 5.13. The fourth-order valence-electron chi connectivity index (χ4n) is 0.831. The second kappa shape index (κ2) is 11.9. The van der Waals surface area contributed by atoms with Gasteiger partial charge in [-0.25, -0.2) is 9.78 Å². The monoisotopic (exact) mass is 190 g/mol. The van der Waals surface area contributed by atoms with Crippen LogP contribution in [0.3, 0.4) is 0 Å². The van der Waals surface area contributed by atoms with Crippen molar-refractivity contribution in [3.8, 4) is 0 Å². The van der Waals surface area contributed by atoms with Gasteiger partial charge in [-0.15, -0.1) is 0 Å². The Bertz CT molecular complexity index is 66.7. The minimum atomic E-state index is 0.778. The lowest BCUT2D eigenvalue weighted by Crippen LogP contribution is -2.05. The van der Waals surface area contributed by atoms with E-state index >= 15 is 0 Å². The summed E-state index contributed by atoms with van der Waals surface area (Å²) in [7, 11) is 0. The molecule has 1 saturated heterocycles. The van der Waals surface area contributed by atoms with Gasteiger partial charge in [0.25, 0.3) is 0 Å². The second-order valence-corrected chi connectivity index (χ2v) is 2.96. The minimum Gasteiger partial charge on any atom is -0.381 e. The Hall–Kier alpha value is -0.120. The van der Waals surface area contributed by atoms with Gasteiger partial charge in [0.15, 0.2) is 0 Å². The van der Waals surface area contributed by atoms with E-state index in [0.29, 0.717) is 0 Å². The van der Waals surface area contributed by atoms with Crippen LogP contribution in [0.25, 0.3) is 0 Å². The Balaban J connectivity index is 0.000000223. The average Bonchev–Trinajstić information content (AvgIpc) is 2.22. The molecular weight excluding hydrogens is 168 g/mol. The summed E-state index contributed by atoms with van der Waals surface area (Å²) in [5.41, 5.74) is 0. The Morgan fingerprint density at radius 2 is 1.38 bits per heavy atom. The van der Waals surface area contributed by atoms with Gasteiger partial charge in [0.1, 0.15) is 0 Å². The van der Waals surface area contributed by atoms with Crippen LogP contribution in [0.5, 0.6) is 0 Å². The summed E-state index contributed by atoms with van der Waals surface area (Å²) in [4.78, 5) is 9.14. The molecule has 0 bridgehead atoms. The van der Waals surface area contributed by atoms with Crippen molar-refractivity contribution in [1.29, 1.82) is 0 Å². The third-order valence-corrected chi connectivity index (χ3v) is 1.49. The smallest absolute Gasteiger partial charge is 0.0823 e. The molecular formula is C10H22O3. The average molecular weight is 190 g/mol. The molecule has 0 aromatic carbocycles. The van der Waals surface area contributed by atoms with Crippen LogP contribution < -0.4 is 0 Å². The van der Waals surface area contributed by atoms with Gasteiger partial charge in [0.2, 0.25) is 0 Å². The highest BCUT2D eigenvalue weighted by Crippen LogP contribution is 1.97. The first-order valence-electron chi connectivity index (χ1n) is 5.24. The van der Waals surface area contributed by atoms with E-state index in [1.54, 1.807) is 0 Å². The van der Waals surface area contributed by atoms with Crippen molar-refractivity contribution in [3.05, 3.63) is 0 Å². The number of ether oxygens (including phenoxy) is 1. The maximum absolute atomic E-state index is 5.13. The molecule has 0 saturated carbocycles. The van der Waals surface area contributed by atoms with Crippen LogP contribution in [0.2, 0.25) is 0 Å². The van der Waals surface area contributed by atoms with Crippen molar-refractivity contribution in [2.75, 3.05) is 26.4 Å². The first kappa shape index (κ1) is 12.9. The summed E-state index contributed by atoms with van der Waals surface area (Å²) in [5.74, 6) is 0. The molecule has 0 unspecified atom stereocenters. The molecule has 0 spiro atoms. The number of hydrogen-bond acceptors (Lipinski definition) is 3. The molecule has 0 amide bonds. The van der Waals surface area contributed by atoms with E-state index in [9.17, 15) is 0 Å². The Kier molecular flexibility index (Phi) is 11.8. The quantitative estimate of drug-likeness (QED) is 0.503. The summed E-state index contributed by atoms with van der Waals surface area (Å²) in [6.07, 6.45) is 4.58. The van der Waals surface area contributed by atoms with Crippen molar-refractivity contribution < 1.29 is 14.5 Å². The standard InChI is InChI=1S/C6H14O.C4H8O2/c1-3-5-7-6-4-2;1-2-4-6-5-3-1/h3-6H2,1-2H3;1-4H2. The molecule has 80 valence electrons. The lowest BCUT2D eigenvalue weighted by molar-refractivity contribution is -0.312. The van der Waals surface area contributed by atoms with Gasteiger partial charge in [-0.05, 0) is 25.7 Å². The molecule has 1 aliphatic rings. The van der Waals surface area contributed by atoms with Crippen LogP contribution in [0.4, 0.5) is 0 Å². The van der Waals surface area contributed by atoms with Crippen LogP contribution in [0, 0.1) is 0 Å². The SMILES string of the molecule is C1CCOOC1.CCCOCCC. The molecule has 0 atom stereocenters. The normalized spacial score (nSPS) is 16.2. The molecule has 0 aliphatic carbocycles. The summed E-state index contributed by atoms with van der Waals surface area (Å²) < 4.78 is 5.13. The molecule has 13 heavy (non-hydrogen) atoms. The highest BCUT2D eigenvalue weighted by atomic mass is 17.2. The molecule has 0 aromatic rings. The van der Waals surface area contributed by atoms with Crippen molar-refractivity contribution in [2.24, 2.45) is 0 Å². The molecule has 3 heteroatoms. The minimum absolute atomic E-state index is 0.778. The topological polar surface area (TPSA) is 27.7 Å². The molecule has 1 rings (SSSR count). The molecule has 1 heterocycles. The van der Waals surface area contributed by atoms with E-state index in [-0.39, 0.29) is 0 Å². The van der Waals surface area contributed by atoms with E-state index in [4.69, 9.17) is 4.74 Å². The number of rotatable bonds is 4. The van der Waals surface area contributed by atoms with E-state index in [1.165, 1.54) is 0 Å². The van der Waals surface area contributed by atoms with Gasteiger partial charge < -0.3 is 4.74 Å². The van der Waals surface area contributed by atoms with Gasteiger partial charge in [0.05, 0.1) is 13.2 Å². The Labute approximate surface area is 81.3 Å². The maximum Gasteiger partial charge on any atom is 0.0823 e. The third-order valence-electron chi connectivity index (χ3n) is 1.49. The fourth-order valence-corrected chi connectivity index (χ4v) is 0.831. The zero-order valence-electron chi connectivity index (χ0n) is 8.88. The molecule has 0 radical (unpaired) electrons. The van der Waals surface area contributed by atoms with Gasteiger partial charge in [-0.1, -0.05) is 13.8 Å². The van der Waals surface area contributed by atoms with Crippen LogP contribution >= 0.6 is 0 Å². The van der Waals surface area contributed by atoms with Crippen molar-refractivity contribution in [2.45, 2.75) is 39.5 Å². The molecule has 0 N–H and O–H groups in total. The fraction of sp³-hybridized carbons (Fsp3) is 1.00. The molecule has 3 nitrogen and oxygen atoms in total. The zero-order chi connectivity index (χ0) is 9.78. The lowest BCUT2D eigenvalue weighted by atomic mass is 10.3. The van der Waals surface area contributed by atoms with Crippen molar-refractivity contribution in [1.82, 2.24) is 0 Å². The summed E-state index contributed by atoms with van der Waals surface area (Å²) >= 11 is 0. The van der Waals surface area contributed by atoms with Gasteiger partial charge in [0, 0.05) is 13.2 Å². The van der Waals surface area contributed by atoms with Crippen LogP contribution in [0.1, 0.15) is 39.5 Å². The zero-order valence-corrected chi connectivity index (χ0v) is 8.88. The highest BCUT2D eigenvalue weighted by molar-refractivity contribution is 4.36. The van der Waals surface area contributed by atoms with Crippen molar-refractivity contribution >= 4 is 0 Å². The first-order chi connectivity index (χ1) is 6.41. The molecule has 0 aromatic heterocycles. The van der Waals surface area contributed by atoms with Gasteiger partial charge in [-0.3, -0.25) is 0 Å². The van der Waals surface area contributed by atoms with Crippen molar-refractivity contribution in [3.63, 3.8) is 0 Å². The van der Waals surface area contributed by atoms with E-state index in [0.717, 1.165) is 52.1 Å². The van der Waals surface area contributed by atoms with Crippen LogP contribution in [-0.4, -0.2) is 26.4 Å². The van der Waals surface area contributed by atoms with E-state index in [1.807, 2.05) is 0 Å². The van der Waals surface area contributed by atoms with E-state index in [2.05, 4.69) is 23.6 Å². The summed E-state index contributed by atoms with van der Waals surface area (Å²) in [5, 5.41) is 0. The molecule has 1 fully saturated rings. The molecule has 1 aliphatic heterocycles.